The summed E-state index contributed by atoms with van der Waals surface area (Å²) in [6, 6.07) is 10.5. The first kappa shape index (κ1) is 22.5. The van der Waals surface area contributed by atoms with Crippen LogP contribution in [0.3, 0.4) is 0 Å². The van der Waals surface area contributed by atoms with Crippen LogP contribution in [0.15, 0.2) is 48.5 Å². The normalized spacial score (nSPS) is 14.5. The summed E-state index contributed by atoms with van der Waals surface area (Å²) < 4.78 is 44.3. The molecule has 2 heterocycles. The van der Waals surface area contributed by atoms with E-state index in [2.05, 4.69) is 10.3 Å². The summed E-state index contributed by atoms with van der Waals surface area (Å²) in [5.41, 5.74) is -0.324. The van der Waals surface area contributed by atoms with Crippen molar-refractivity contribution in [2.45, 2.75) is 19.2 Å². The van der Waals surface area contributed by atoms with Crippen LogP contribution in [0.5, 0.6) is 0 Å². The fourth-order valence-electron chi connectivity index (χ4n) is 3.39. The highest BCUT2D eigenvalue weighted by Crippen LogP contribution is 2.37. The lowest BCUT2D eigenvalue weighted by atomic mass is 10.1. The van der Waals surface area contributed by atoms with E-state index in [1.807, 2.05) is 0 Å². The smallest absolute Gasteiger partial charge is 0.416 e. The number of hydrogen-bond donors (Lipinski definition) is 1. The standard InChI is InChI=1S/C22H15ClF3N3O4/c1-11(33-21(32)13-2-5-15-12(8-13)3-7-18(23)27-15)20(31)29-10-19(30)28-16-9-14(22(24,25)26)4-6-17(16)29/h2-9,11H,10H2,1H3,(H,28,30). The van der Waals surface area contributed by atoms with Gasteiger partial charge in [-0.15, -0.1) is 0 Å². The van der Waals surface area contributed by atoms with Crippen LogP contribution < -0.4 is 10.2 Å². The van der Waals surface area contributed by atoms with E-state index in [1.165, 1.54) is 19.1 Å². The molecule has 0 spiro atoms. The Kier molecular flexibility index (Phi) is 5.71. The van der Waals surface area contributed by atoms with Gasteiger partial charge in [-0.25, -0.2) is 9.78 Å². The van der Waals surface area contributed by atoms with Gasteiger partial charge in [0, 0.05) is 5.39 Å². The molecule has 0 aliphatic carbocycles. The Morgan fingerprint density at radius 3 is 2.64 bits per heavy atom. The van der Waals surface area contributed by atoms with Gasteiger partial charge in [-0.2, -0.15) is 13.2 Å². The lowest BCUT2D eigenvalue weighted by molar-refractivity contribution is -0.137. The first-order chi connectivity index (χ1) is 15.5. The number of halogens is 4. The average molecular weight is 478 g/mol. The van der Waals surface area contributed by atoms with Gasteiger partial charge < -0.3 is 10.1 Å². The number of carbonyl (C=O) groups is 3. The number of carbonyl (C=O) groups excluding carboxylic acids is 3. The zero-order valence-corrected chi connectivity index (χ0v) is 17.7. The molecule has 170 valence electrons. The minimum atomic E-state index is -4.62. The monoisotopic (exact) mass is 477 g/mol. The fraction of sp³-hybridized carbons (Fsp3) is 0.182. The van der Waals surface area contributed by atoms with Crippen molar-refractivity contribution < 1.29 is 32.3 Å². The minimum absolute atomic E-state index is 0.0733. The molecule has 0 fully saturated rings. The van der Waals surface area contributed by atoms with Gasteiger partial charge in [-0.05, 0) is 55.5 Å². The van der Waals surface area contributed by atoms with Crippen LogP contribution in [0.1, 0.15) is 22.8 Å². The summed E-state index contributed by atoms with van der Waals surface area (Å²) in [5.74, 6) is -2.22. The van der Waals surface area contributed by atoms with Gasteiger partial charge >= 0.3 is 12.1 Å². The number of nitrogens with zero attached hydrogens (tertiary/aromatic N) is 2. The number of aromatic nitrogens is 1. The number of pyridine rings is 1. The van der Waals surface area contributed by atoms with E-state index in [9.17, 15) is 27.6 Å². The van der Waals surface area contributed by atoms with Crippen LogP contribution in [-0.2, 0) is 20.5 Å². The van der Waals surface area contributed by atoms with E-state index in [-0.39, 0.29) is 16.9 Å². The number of ether oxygens (including phenoxy) is 1. The van der Waals surface area contributed by atoms with Gasteiger partial charge in [-0.3, -0.25) is 14.5 Å². The molecule has 1 aliphatic heterocycles. The molecule has 2 aromatic carbocycles. The van der Waals surface area contributed by atoms with Crippen molar-refractivity contribution in [3.05, 3.63) is 64.8 Å². The Hall–Kier alpha value is -3.66. The topological polar surface area (TPSA) is 88.6 Å². The Balaban J connectivity index is 1.54. The second-order valence-corrected chi connectivity index (χ2v) is 7.68. The molecular formula is C22H15ClF3N3O4. The number of amides is 2. The third-order valence-electron chi connectivity index (χ3n) is 4.98. The molecule has 3 aromatic rings. The summed E-state index contributed by atoms with van der Waals surface area (Å²) in [4.78, 5) is 42.6. The van der Waals surface area contributed by atoms with Crippen LogP contribution in [0, 0.1) is 0 Å². The maximum atomic E-state index is 13.0. The van der Waals surface area contributed by atoms with Crippen molar-refractivity contribution in [3.8, 4) is 0 Å². The number of esters is 1. The van der Waals surface area contributed by atoms with Crippen LogP contribution in [0.4, 0.5) is 24.5 Å². The van der Waals surface area contributed by atoms with E-state index < -0.39 is 42.2 Å². The molecule has 11 heteroatoms. The van der Waals surface area contributed by atoms with Crippen LogP contribution in [-0.4, -0.2) is 35.4 Å². The van der Waals surface area contributed by atoms with Gasteiger partial charge in [0.25, 0.3) is 5.91 Å². The number of benzene rings is 2. The highest BCUT2D eigenvalue weighted by Gasteiger charge is 2.35. The van der Waals surface area contributed by atoms with Gasteiger partial charge in [-0.1, -0.05) is 11.6 Å². The molecule has 7 nitrogen and oxygen atoms in total. The molecule has 0 saturated carbocycles. The van der Waals surface area contributed by atoms with Gasteiger partial charge in [0.15, 0.2) is 6.10 Å². The molecule has 4 rings (SSSR count). The summed E-state index contributed by atoms with van der Waals surface area (Å²) >= 11 is 5.85. The van der Waals surface area contributed by atoms with E-state index in [0.29, 0.717) is 16.1 Å². The average Bonchev–Trinajstić information content (AvgIpc) is 2.76. The highest BCUT2D eigenvalue weighted by atomic mass is 35.5. The van der Waals surface area contributed by atoms with Crippen LogP contribution >= 0.6 is 11.6 Å². The Bertz CT molecular complexity index is 1300. The molecule has 1 unspecified atom stereocenters. The summed E-state index contributed by atoms with van der Waals surface area (Å²) in [7, 11) is 0. The molecule has 0 bridgehead atoms. The lowest BCUT2D eigenvalue weighted by Crippen LogP contribution is -2.47. The number of rotatable bonds is 3. The van der Waals surface area contributed by atoms with Gasteiger partial charge in [0.2, 0.25) is 5.91 Å². The highest BCUT2D eigenvalue weighted by molar-refractivity contribution is 6.29. The zero-order chi connectivity index (χ0) is 23.9. The maximum Gasteiger partial charge on any atom is 0.416 e. The molecule has 1 aliphatic rings. The maximum absolute atomic E-state index is 13.0. The molecule has 1 atom stereocenters. The Morgan fingerprint density at radius 2 is 1.91 bits per heavy atom. The fourth-order valence-corrected chi connectivity index (χ4v) is 3.54. The molecule has 0 radical (unpaired) electrons. The second kappa shape index (κ2) is 8.36. The molecular weight excluding hydrogens is 463 g/mol. The molecule has 33 heavy (non-hydrogen) atoms. The van der Waals surface area contributed by atoms with E-state index >= 15 is 0 Å². The molecule has 2 amide bonds. The first-order valence-electron chi connectivity index (χ1n) is 9.63. The summed E-state index contributed by atoms with van der Waals surface area (Å²) in [6.45, 7) is 0.889. The number of hydrogen-bond acceptors (Lipinski definition) is 5. The van der Waals surface area contributed by atoms with Crippen LogP contribution in [0.2, 0.25) is 5.15 Å². The van der Waals surface area contributed by atoms with Crippen molar-refractivity contribution in [2.24, 2.45) is 0 Å². The van der Waals surface area contributed by atoms with Gasteiger partial charge in [0.05, 0.1) is 28.0 Å². The van der Waals surface area contributed by atoms with Crippen molar-refractivity contribution in [1.29, 1.82) is 0 Å². The third kappa shape index (κ3) is 4.61. The minimum Gasteiger partial charge on any atom is -0.449 e. The second-order valence-electron chi connectivity index (χ2n) is 7.29. The van der Waals surface area contributed by atoms with E-state index in [4.69, 9.17) is 16.3 Å². The SMILES string of the molecule is CC(OC(=O)c1ccc2nc(Cl)ccc2c1)C(=O)N1CC(=O)Nc2cc(C(F)(F)F)ccc21. The number of fused-ring (bicyclic) bond motifs is 2. The molecule has 0 saturated heterocycles. The van der Waals surface area contributed by atoms with Crippen molar-refractivity contribution in [2.75, 3.05) is 16.8 Å². The quantitative estimate of drug-likeness (QED) is 0.445. The zero-order valence-electron chi connectivity index (χ0n) is 16.9. The number of anilines is 2. The summed E-state index contributed by atoms with van der Waals surface area (Å²) in [5, 5.41) is 3.26. The van der Waals surface area contributed by atoms with Crippen LogP contribution in [0.25, 0.3) is 10.9 Å². The molecule has 1 N–H and O–H groups in total. The Labute approximate surface area is 190 Å². The first-order valence-corrected chi connectivity index (χ1v) is 10.0. The van der Waals surface area contributed by atoms with E-state index in [1.54, 1.807) is 18.2 Å². The van der Waals surface area contributed by atoms with E-state index in [0.717, 1.165) is 23.1 Å². The number of nitrogens with one attached hydrogen (secondary N) is 1. The predicted octanol–water partition coefficient (Wildman–Crippen LogP) is 4.44. The van der Waals surface area contributed by atoms with Crippen molar-refractivity contribution in [3.63, 3.8) is 0 Å². The number of alkyl halides is 3. The summed E-state index contributed by atoms with van der Waals surface area (Å²) in [6.07, 6.45) is -5.92. The third-order valence-corrected chi connectivity index (χ3v) is 5.19. The van der Waals surface area contributed by atoms with Gasteiger partial charge in [0.1, 0.15) is 11.7 Å². The van der Waals surface area contributed by atoms with Crippen molar-refractivity contribution in [1.82, 2.24) is 4.98 Å². The predicted molar refractivity (Wildman–Crippen MR) is 114 cm³/mol. The largest absolute Gasteiger partial charge is 0.449 e. The Morgan fingerprint density at radius 1 is 1.15 bits per heavy atom. The molecule has 1 aromatic heterocycles. The van der Waals surface area contributed by atoms with Crippen molar-refractivity contribution >= 4 is 51.7 Å². The lowest BCUT2D eigenvalue weighted by Gasteiger charge is -2.31.